The quantitative estimate of drug-likeness (QED) is 0.491. The van der Waals surface area contributed by atoms with Crippen LogP contribution in [0.4, 0.5) is 0 Å². The summed E-state index contributed by atoms with van der Waals surface area (Å²) >= 11 is 0. The molecule has 5 saturated carbocycles. The lowest BCUT2D eigenvalue weighted by Crippen LogP contribution is -2.50. The first-order chi connectivity index (χ1) is 14.5. The average Bonchev–Trinajstić information content (AvgIpc) is 3.10. The molecular weight excluding hydrogens is 366 g/mol. The third kappa shape index (κ3) is 3.66. The molecule has 5 aliphatic rings. The summed E-state index contributed by atoms with van der Waals surface area (Å²) in [4.78, 5) is 15.8. The van der Waals surface area contributed by atoms with Crippen molar-refractivity contribution in [2.24, 2.45) is 52.8 Å². The highest BCUT2D eigenvalue weighted by Crippen LogP contribution is 2.64. The second-order valence-corrected chi connectivity index (χ2v) is 12.8. The first-order valence-corrected chi connectivity index (χ1v) is 13.7. The molecule has 0 aromatic heterocycles. The van der Waals surface area contributed by atoms with Gasteiger partial charge in [-0.3, -0.25) is 4.79 Å². The van der Waals surface area contributed by atoms with Crippen LogP contribution in [0.5, 0.6) is 0 Å². The molecule has 0 bridgehead atoms. The maximum Gasteiger partial charge on any atom is 0.225 e. The molecular formula is C28H47NO. The van der Waals surface area contributed by atoms with Crippen LogP contribution in [0.15, 0.2) is 0 Å². The van der Waals surface area contributed by atoms with Gasteiger partial charge in [0.1, 0.15) is 0 Å². The van der Waals surface area contributed by atoms with Crippen molar-refractivity contribution < 1.29 is 4.79 Å². The Morgan fingerprint density at radius 2 is 1.63 bits per heavy atom. The SMILES string of the molecule is CC1CCC2C(CCC3C2CCC2(C)C(C(=O)N(C)CC4CCCCC4)CCC32)C1. The van der Waals surface area contributed by atoms with E-state index in [0.29, 0.717) is 11.8 Å². The van der Waals surface area contributed by atoms with Crippen LogP contribution in [-0.4, -0.2) is 24.4 Å². The zero-order chi connectivity index (χ0) is 20.9. The minimum absolute atomic E-state index is 0.286. The van der Waals surface area contributed by atoms with Crippen molar-refractivity contribution in [1.29, 1.82) is 0 Å². The van der Waals surface area contributed by atoms with E-state index in [1.165, 1.54) is 89.9 Å². The molecule has 0 aromatic carbocycles. The molecule has 5 aliphatic carbocycles. The molecule has 0 aliphatic heterocycles. The summed E-state index contributed by atoms with van der Waals surface area (Å²) in [6.45, 7) is 6.04. The van der Waals surface area contributed by atoms with Crippen LogP contribution in [0, 0.1) is 52.8 Å². The number of nitrogens with zero attached hydrogens (tertiary/aromatic N) is 1. The van der Waals surface area contributed by atoms with Crippen LogP contribution in [0.1, 0.15) is 104 Å². The smallest absolute Gasteiger partial charge is 0.225 e. The van der Waals surface area contributed by atoms with Gasteiger partial charge in [-0.2, -0.15) is 0 Å². The maximum atomic E-state index is 13.6. The standard InChI is InChI=1S/C28H47NO/c1-19-9-11-22-21(17-19)10-12-24-23(22)15-16-28(2)25(24)13-14-26(28)27(30)29(3)18-20-7-5-4-6-8-20/h19-26H,4-18H2,1-3H3. The Morgan fingerprint density at radius 3 is 2.43 bits per heavy atom. The summed E-state index contributed by atoms with van der Waals surface area (Å²) in [6.07, 6.45) is 19.5. The summed E-state index contributed by atoms with van der Waals surface area (Å²) in [5.74, 6) is 7.33. The molecule has 0 radical (unpaired) electrons. The fourth-order valence-electron chi connectivity index (χ4n) is 9.61. The molecule has 0 spiro atoms. The van der Waals surface area contributed by atoms with E-state index < -0.39 is 0 Å². The molecule has 5 rings (SSSR count). The highest BCUT2D eigenvalue weighted by molar-refractivity contribution is 5.80. The normalized spacial score (nSPS) is 46.6. The van der Waals surface area contributed by atoms with E-state index in [1.807, 2.05) is 0 Å². The number of rotatable bonds is 3. The highest BCUT2D eigenvalue weighted by atomic mass is 16.2. The Labute approximate surface area is 185 Å². The Balaban J connectivity index is 1.26. The fourth-order valence-corrected chi connectivity index (χ4v) is 9.61. The molecule has 8 atom stereocenters. The second kappa shape index (κ2) is 8.43. The number of hydrogen-bond acceptors (Lipinski definition) is 1. The van der Waals surface area contributed by atoms with E-state index in [0.717, 1.165) is 48.0 Å². The molecule has 2 heteroatoms. The molecule has 0 aromatic rings. The van der Waals surface area contributed by atoms with Gasteiger partial charge in [0.15, 0.2) is 0 Å². The van der Waals surface area contributed by atoms with Crippen molar-refractivity contribution in [2.45, 2.75) is 104 Å². The van der Waals surface area contributed by atoms with Gasteiger partial charge in [0.25, 0.3) is 0 Å². The van der Waals surface area contributed by atoms with E-state index >= 15 is 0 Å². The summed E-state index contributed by atoms with van der Waals surface area (Å²) in [5, 5.41) is 0. The number of amides is 1. The monoisotopic (exact) mass is 413 g/mol. The molecule has 0 saturated heterocycles. The van der Waals surface area contributed by atoms with Crippen molar-refractivity contribution in [3.8, 4) is 0 Å². The van der Waals surface area contributed by atoms with Crippen LogP contribution >= 0.6 is 0 Å². The van der Waals surface area contributed by atoms with Crippen molar-refractivity contribution in [3.05, 3.63) is 0 Å². The molecule has 5 fully saturated rings. The number of carbonyl (C=O) groups excluding carboxylic acids is 1. The van der Waals surface area contributed by atoms with Crippen LogP contribution in [0.2, 0.25) is 0 Å². The van der Waals surface area contributed by atoms with Crippen molar-refractivity contribution in [2.75, 3.05) is 13.6 Å². The van der Waals surface area contributed by atoms with Crippen LogP contribution in [0.25, 0.3) is 0 Å². The van der Waals surface area contributed by atoms with Gasteiger partial charge in [0.05, 0.1) is 0 Å². The predicted molar refractivity (Wildman–Crippen MR) is 124 cm³/mol. The summed E-state index contributed by atoms with van der Waals surface area (Å²) < 4.78 is 0. The topological polar surface area (TPSA) is 20.3 Å². The van der Waals surface area contributed by atoms with E-state index in [-0.39, 0.29) is 5.41 Å². The van der Waals surface area contributed by atoms with E-state index in [2.05, 4.69) is 25.8 Å². The minimum atomic E-state index is 0.286. The van der Waals surface area contributed by atoms with Crippen LogP contribution in [-0.2, 0) is 4.79 Å². The molecule has 8 unspecified atom stereocenters. The third-order valence-electron chi connectivity index (χ3n) is 11.1. The predicted octanol–water partition coefficient (Wildman–Crippen LogP) is 6.93. The van der Waals surface area contributed by atoms with Crippen molar-refractivity contribution in [1.82, 2.24) is 4.90 Å². The average molecular weight is 414 g/mol. The lowest BCUT2D eigenvalue weighted by Gasteiger charge is -2.56. The molecule has 0 N–H and O–H groups in total. The van der Waals surface area contributed by atoms with Gasteiger partial charge in [-0.05, 0) is 111 Å². The Morgan fingerprint density at radius 1 is 0.867 bits per heavy atom. The molecule has 30 heavy (non-hydrogen) atoms. The zero-order valence-corrected chi connectivity index (χ0v) is 20.1. The maximum absolute atomic E-state index is 13.6. The first-order valence-electron chi connectivity index (χ1n) is 13.7. The lowest BCUT2D eigenvalue weighted by atomic mass is 9.49. The minimum Gasteiger partial charge on any atom is -0.345 e. The van der Waals surface area contributed by atoms with Gasteiger partial charge >= 0.3 is 0 Å². The Bertz CT molecular complexity index is 624. The first kappa shape index (κ1) is 21.3. The van der Waals surface area contributed by atoms with Crippen molar-refractivity contribution in [3.63, 3.8) is 0 Å². The molecule has 2 nitrogen and oxygen atoms in total. The number of carbonyl (C=O) groups is 1. The van der Waals surface area contributed by atoms with E-state index in [9.17, 15) is 4.79 Å². The summed E-state index contributed by atoms with van der Waals surface area (Å²) in [5.41, 5.74) is 0.286. The number of hydrogen-bond donors (Lipinski definition) is 0. The van der Waals surface area contributed by atoms with Gasteiger partial charge < -0.3 is 4.90 Å². The largest absolute Gasteiger partial charge is 0.345 e. The van der Waals surface area contributed by atoms with Crippen LogP contribution < -0.4 is 0 Å². The summed E-state index contributed by atoms with van der Waals surface area (Å²) in [7, 11) is 2.12. The molecule has 0 heterocycles. The van der Waals surface area contributed by atoms with Gasteiger partial charge in [0.2, 0.25) is 5.91 Å². The third-order valence-corrected chi connectivity index (χ3v) is 11.1. The van der Waals surface area contributed by atoms with E-state index in [1.54, 1.807) is 0 Å². The zero-order valence-electron chi connectivity index (χ0n) is 20.1. The Hall–Kier alpha value is -0.530. The highest BCUT2D eigenvalue weighted by Gasteiger charge is 2.58. The van der Waals surface area contributed by atoms with Gasteiger partial charge in [0, 0.05) is 19.5 Å². The number of fused-ring (bicyclic) bond motifs is 5. The molecule has 170 valence electrons. The molecule has 1 amide bonds. The van der Waals surface area contributed by atoms with Gasteiger partial charge in [-0.1, -0.05) is 39.5 Å². The fraction of sp³-hybridized carbons (Fsp3) is 0.964. The van der Waals surface area contributed by atoms with Crippen molar-refractivity contribution >= 4 is 5.91 Å². The summed E-state index contributed by atoms with van der Waals surface area (Å²) in [6, 6.07) is 0. The van der Waals surface area contributed by atoms with Gasteiger partial charge in [-0.25, -0.2) is 0 Å². The lowest BCUT2D eigenvalue weighted by molar-refractivity contribution is -0.142. The van der Waals surface area contributed by atoms with E-state index in [4.69, 9.17) is 0 Å². The van der Waals surface area contributed by atoms with Crippen LogP contribution in [0.3, 0.4) is 0 Å². The second-order valence-electron chi connectivity index (χ2n) is 12.8. The van der Waals surface area contributed by atoms with Gasteiger partial charge in [-0.15, -0.1) is 0 Å². The Kier molecular flexibility index (Phi) is 5.99.